The van der Waals surface area contributed by atoms with E-state index in [0.29, 0.717) is 5.92 Å². The Labute approximate surface area is 129 Å². The molecule has 0 spiro atoms. The van der Waals surface area contributed by atoms with Crippen molar-refractivity contribution in [1.82, 2.24) is 5.32 Å². The molecule has 4 heteroatoms. The lowest BCUT2D eigenvalue weighted by atomic mass is 9.82. The maximum atomic E-state index is 9.41. The van der Waals surface area contributed by atoms with Gasteiger partial charge in [-0.05, 0) is 55.4 Å². The summed E-state index contributed by atoms with van der Waals surface area (Å²) >= 11 is 3.57. The molecule has 0 aliphatic heterocycles. The van der Waals surface area contributed by atoms with E-state index in [4.69, 9.17) is 0 Å². The summed E-state index contributed by atoms with van der Waals surface area (Å²) in [4.78, 5) is 2.34. The van der Waals surface area contributed by atoms with E-state index in [9.17, 15) is 5.11 Å². The van der Waals surface area contributed by atoms with Gasteiger partial charge >= 0.3 is 0 Å². The van der Waals surface area contributed by atoms with Gasteiger partial charge in [-0.2, -0.15) is 0 Å². The number of nitrogens with zero attached hydrogens (tertiary/aromatic N) is 1. The Morgan fingerprint density at radius 1 is 1.35 bits per heavy atom. The summed E-state index contributed by atoms with van der Waals surface area (Å²) in [6.45, 7) is 1.98. The molecule has 0 unspecified atom stereocenters. The molecule has 0 aromatic heterocycles. The van der Waals surface area contributed by atoms with E-state index >= 15 is 0 Å². The molecule has 0 heterocycles. The smallest absolute Gasteiger partial charge is 0.0546 e. The molecule has 1 aromatic carbocycles. The van der Waals surface area contributed by atoms with Crippen molar-refractivity contribution in [3.05, 3.63) is 28.2 Å². The number of aliphatic hydroxyl groups excluding tert-OH is 1. The molecule has 2 saturated carbocycles. The molecular weight excluding hydrogens is 316 g/mol. The maximum absolute atomic E-state index is 9.41. The second-order valence-electron chi connectivity index (χ2n) is 6.30. The Morgan fingerprint density at radius 2 is 2.10 bits per heavy atom. The van der Waals surface area contributed by atoms with Crippen LogP contribution in [-0.4, -0.2) is 30.8 Å². The zero-order chi connectivity index (χ0) is 14.1. The minimum atomic E-state index is -0.0608. The minimum Gasteiger partial charge on any atom is -0.393 e. The van der Waals surface area contributed by atoms with Gasteiger partial charge in [-0.3, -0.25) is 0 Å². The predicted molar refractivity (Wildman–Crippen MR) is 86.0 cm³/mol. The molecule has 0 radical (unpaired) electrons. The fourth-order valence-electron chi connectivity index (χ4n) is 2.95. The highest BCUT2D eigenvalue weighted by Gasteiger charge is 2.28. The summed E-state index contributed by atoms with van der Waals surface area (Å²) < 4.78 is 1.14. The first-order valence-electron chi connectivity index (χ1n) is 7.53. The van der Waals surface area contributed by atoms with E-state index in [0.717, 1.165) is 36.4 Å². The lowest BCUT2D eigenvalue weighted by Crippen LogP contribution is -2.37. The van der Waals surface area contributed by atoms with E-state index in [1.807, 2.05) is 0 Å². The van der Waals surface area contributed by atoms with Crippen LogP contribution in [0.4, 0.5) is 5.69 Å². The van der Waals surface area contributed by atoms with Crippen molar-refractivity contribution in [3.63, 3.8) is 0 Å². The van der Waals surface area contributed by atoms with Gasteiger partial charge in [0.2, 0.25) is 0 Å². The van der Waals surface area contributed by atoms with Gasteiger partial charge in [0.15, 0.2) is 0 Å². The van der Waals surface area contributed by atoms with E-state index in [-0.39, 0.29) is 6.10 Å². The van der Waals surface area contributed by atoms with Crippen LogP contribution in [0.5, 0.6) is 0 Å². The van der Waals surface area contributed by atoms with E-state index in [1.54, 1.807) is 0 Å². The summed E-state index contributed by atoms with van der Waals surface area (Å²) in [5.41, 5.74) is 2.66. The van der Waals surface area contributed by atoms with Crippen molar-refractivity contribution in [2.45, 2.75) is 44.4 Å². The summed E-state index contributed by atoms with van der Waals surface area (Å²) in [7, 11) is 2.16. The molecule has 2 aliphatic rings. The number of anilines is 1. The normalized spacial score (nSPS) is 25.4. The van der Waals surface area contributed by atoms with Crippen LogP contribution in [0.2, 0.25) is 0 Å². The highest BCUT2D eigenvalue weighted by atomic mass is 79.9. The first-order valence-corrected chi connectivity index (χ1v) is 8.32. The van der Waals surface area contributed by atoms with Crippen molar-refractivity contribution in [2.75, 3.05) is 18.5 Å². The first-order chi connectivity index (χ1) is 9.61. The molecule has 3 rings (SSSR count). The molecule has 0 bridgehead atoms. The van der Waals surface area contributed by atoms with Crippen LogP contribution in [0.3, 0.4) is 0 Å². The van der Waals surface area contributed by atoms with Gasteiger partial charge in [0.1, 0.15) is 0 Å². The molecule has 0 atom stereocenters. The Kier molecular flexibility index (Phi) is 4.34. The lowest BCUT2D eigenvalue weighted by molar-refractivity contribution is 0.0464. The average molecular weight is 339 g/mol. The van der Waals surface area contributed by atoms with Gasteiger partial charge in [0.05, 0.1) is 6.10 Å². The summed E-state index contributed by atoms with van der Waals surface area (Å²) in [6.07, 6.45) is 4.49. The highest BCUT2D eigenvalue weighted by molar-refractivity contribution is 9.10. The largest absolute Gasteiger partial charge is 0.393 e. The van der Waals surface area contributed by atoms with Gasteiger partial charge in [-0.1, -0.05) is 15.9 Å². The molecule has 1 aromatic rings. The molecule has 2 fully saturated rings. The van der Waals surface area contributed by atoms with Crippen molar-refractivity contribution in [2.24, 2.45) is 5.92 Å². The Morgan fingerprint density at radius 3 is 2.75 bits per heavy atom. The molecule has 20 heavy (non-hydrogen) atoms. The SMILES string of the molecule is CN(CC1CC(O)C1)c1ccc(Br)cc1CNC1CC1. The zero-order valence-corrected chi connectivity index (χ0v) is 13.6. The maximum Gasteiger partial charge on any atom is 0.0546 e. The summed E-state index contributed by atoms with van der Waals surface area (Å²) in [5.74, 6) is 0.642. The fourth-order valence-corrected chi connectivity index (χ4v) is 3.35. The third-order valence-corrected chi connectivity index (χ3v) is 4.85. The van der Waals surface area contributed by atoms with Gasteiger partial charge in [0.25, 0.3) is 0 Å². The van der Waals surface area contributed by atoms with Crippen LogP contribution in [0, 0.1) is 5.92 Å². The summed E-state index contributed by atoms with van der Waals surface area (Å²) in [6, 6.07) is 7.26. The monoisotopic (exact) mass is 338 g/mol. The number of halogens is 1. The van der Waals surface area contributed by atoms with Gasteiger partial charge in [-0.15, -0.1) is 0 Å². The third-order valence-electron chi connectivity index (χ3n) is 4.35. The van der Waals surface area contributed by atoms with Gasteiger partial charge in [-0.25, -0.2) is 0 Å². The molecule has 2 N–H and O–H groups in total. The van der Waals surface area contributed by atoms with E-state index < -0.39 is 0 Å². The van der Waals surface area contributed by atoms with Crippen molar-refractivity contribution in [3.8, 4) is 0 Å². The Balaban J connectivity index is 1.66. The number of benzene rings is 1. The molecular formula is C16H23BrN2O. The second kappa shape index (κ2) is 6.04. The van der Waals surface area contributed by atoms with Crippen LogP contribution in [0.25, 0.3) is 0 Å². The number of rotatable bonds is 6. The highest BCUT2D eigenvalue weighted by Crippen LogP contribution is 2.31. The third kappa shape index (κ3) is 3.54. The van der Waals surface area contributed by atoms with Crippen molar-refractivity contribution < 1.29 is 5.11 Å². The van der Waals surface area contributed by atoms with Crippen LogP contribution in [0.1, 0.15) is 31.2 Å². The average Bonchev–Trinajstić information content (AvgIpc) is 3.18. The number of hydrogen-bond acceptors (Lipinski definition) is 3. The predicted octanol–water partition coefficient (Wildman–Crippen LogP) is 2.91. The van der Waals surface area contributed by atoms with E-state index in [1.165, 1.54) is 24.1 Å². The van der Waals surface area contributed by atoms with E-state index in [2.05, 4.69) is 51.4 Å². The topological polar surface area (TPSA) is 35.5 Å². The number of aliphatic hydroxyl groups is 1. The van der Waals surface area contributed by atoms with Crippen molar-refractivity contribution in [1.29, 1.82) is 0 Å². The summed E-state index contributed by atoms with van der Waals surface area (Å²) in [5, 5.41) is 13.0. The molecule has 0 amide bonds. The van der Waals surface area contributed by atoms with Gasteiger partial charge in [0, 0.05) is 36.3 Å². The molecule has 0 saturated heterocycles. The van der Waals surface area contributed by atoms with Crippen LogP contribution >= 0.6 is 15.9 Å². The Bertz CT molecular complexity index is 470. The van der Waals surface area contributed by atoms with Crippen molar-refractivity contribution >= 4 is 21.6 Å². The van der Waals surface area contributed by atoms with Crippen LogP contribution in [0.15, 0.2) is 22.7 Å². The first kappa shape index (κ1) is 14.4. The standard InChI is InChI=1S/C16H23BrN2O/c1-19(10-11-6-15(20)7-11)16-5-2-13(17)8-12(16)9-18-14-3-4-14/h2,5,8,11,14-15,18,20H,3-4,6-7,9-10H2,1H3. The van der Waals surface area contributed by atoms with Crippen LogP contribution < -0.4 is 10.2 Å². The molecule has 3 nitrogen and oxygen atoms in total. The lowest BCUT2D eigenvalue weighted by Gasteiger charge is -2.35. The minimum absolute atomic E-state index is 0.0608. The van der Waals surface area contributed by atoms with Crippen LogP contribution in [-0.2, 0) is 6.54 Å². The number of nitrogens with one attached hydrogen (secondary N) is 1. The quantitative estimate of drug-likeness (QED) is 0.837. The molecule has 2 aliphatic carbocycles. The molecule has 110 valence electrons. The fraction of sp³-hybridized carbons (Fsp3) is 0.625. The zero-order valence-electron chi connectivity index (χ0n) is 12.0. The van der Waals surface area contributed by atoms with Gasteiger partial charge < -0.3 is 15.3 Å². The second-order valence-corrected chi connectivity index (χ2v) is 7.22. The Hall–Kier alpha value is -0.580. The number of hydrogen-bond donors (Lipinski definition) is 2.